The summed E-state index contributed by atoms with van der Waals surface area (Å²) in [5.74, 6) is -0.491. The summed E-state index contributed by atoms with van der Waals surface area (Å²) < 4.78 is 20.5. The molecule has 2 aromatic carbocycles. The molecule has 1 heterocycles. The molecule has 0 radical (unpaired) electrons. The number of nitrogens with zero attached hydrogens (tertiary/aromatic N) is 2. The fourth-order valence-electron chi connectivity index (χ4n) is 2.45. The molecule has 3 rings (SSSR count). The quantitative estimate of drug-likeness (QED) is 0.603. The minimum absolute atomic E-state index is 0.00975. The van der Waals surface area contributed by atoms with Crippen LogP contribution in [0.4, 0.5) is 4.39 Å². The standard InChI is InChI=1S/C18H16BrFN4O3/c1-24-14-5-3-2-4-13(14)21-16(24)9-17(25)22-23-18(26)10-27-15-7-6-11(20)8-12(15)19/h2-8H,9-10H2,1H3,(H,22,25)(H,23,26). The number of para-hydroxylation sites is 2. The number of nitrogens with one attached hydrogen (secondary N) is 2. The summed E-state index contributed by atoms with van der Waals surface area (Å²) in [6, 6.07) is 11.4. The van der Waals surface area contributed by atoms with E-state index in [4.69, 9.17) is 4.74 Å². The number of imidazole rings is 1. The van der Waals surface area contributed by atoms with Crippen molar-refractivity contribution in [2.75, 3.05) is 6.61 Å². The number of hydrazine groups is 1. The predicted octanol–water partition coefficient (Wildman–Crippen LogP) is 2.24. The van der Waals surface area contributed by atoms with Crippen LogP contribution >= 0.6 is 15.9 Å². The van der Waals surface area contributed by atoms with Gasteiger partial charge in [0, 0.05) is 7.05 Å². The normalized spacial score (nSPS) is 10.6. The number of aryl methyl sites for hydroxylation is 1. The van der Waals surface area contributed by atoms with Crippen LogP contribution in [0.3, 0.4) is 0 Å². The van der Waals surface area contributed by atoms with Crippen LogP contribution in [0.5, 0.6) is 5.75 Å². The Hall–Kier alpha value is -2.94. The van der Waals surface area contributed by atoms with Crippen molar-refractivity contribution < 1.29 is 18.7 Å². The van der Waals surface area contributed by atoms with Gasteiger partial charge in [-0.25, -0.2) is 9.37 Å². The van der Waals surface area contributed by atoms with Crippen molar-refractivity contribution in [2.45, 2.75) is 6.42 Å². The molecule has 0 aliphatic carbocycles. The van der Waals surface area contributed by atoms with Gasteiger partial charge in [0.1, 0.15) is 17.4 Å². The van der Waals surface area contributed by atoms with Crippen LogP contribution < -0.4 is 15.6 Å². The zero-order valence-corrected chi connectivity index (χ0v) is 15.9. The van der Waals surface area contributed by atoms with E-state index in [0.717, 1.165) is 11.0 Å². The number of ether oxygens (including phenoxy) is 1. The molecule has 0 saturated heterocycles. The molecule has 0 saturated carbocycles. The van der Waals surface area contributed by atoms with E-state index in [1.54, 1.807) is 0 Å². The molecule has 9 heteroatoms. The third-order valence-corrected chi connectivity index (χ3v) is 4.41. The van der Waals surface area contributed by atoms with Gasteiger partial charge in [-0.1, -0.05) is 12.1 Å². The van der Waals surface area contributed by atoms with Crippen LogP contribution in [0.25, 0.3) is 11.0 Å². The van der Waals surface area contributed by atoms with Gasteiger partial charge in [0.25, 0.3) is 5.91 Å². The van der Waals surface area contributed by atoms with Gasteiger partial charge < -0.3 is 9.30 Å². The molecule has 2 N–H and O–H groups in total. The Kier molecular flexibility index (Phi) is 5.70. The minimum Gasteiger partial charge on any atom is -0.483 e. The molecular weight excluding hydrogens is 419 g/mol. The number of hydrogen-bond donors (Lipinski definition) is 2. The fraction of sp³-hybridized carbons (Fsp3) is 0.167. The predicted molar refractivity (Wildman–Crippen MR) is 100 cm³/mol. The van der Waals surface area contributed by atoms with Crippen LogP contribution in [-0.2, 0) is 23.1 Å². The first-order valence-electron chi connectivity index (χ1n) is 8.00. The van der Waals surface area contributed by atoms with Gasteiger partial charge in [-0.15, -0.1) is 0 Å². The van der Waals surface area contributed by atoms with Crippen molar-refractivity contribution >= 4 is 38.8 Å². The first kappa shape index (κ1) is 18.8. The second-order valence-electron chi connectivity index (χ2n) is 5.71. The second kappa shape index (κ2) is 8.17. The lowest BCUT2D eigenvalue weighted by atomic mass is 10.3. The lowest BCUT2D eigenvalue weighted by Crippen LogP contribution is -2.44. The molecule has 0 aliphatic rings. The van der Waals surface area contributed by atoms with Gasteiger partial charge in [0.05, 0.1) is 21.9 Å². The summed E-state index contributed by atoms with van der Waals surface area (Å²) in [5, 5.41) is 0. The summed E-state index contributed by atoms with van der Waals surface area (Å²) in [6.45, 7) is -0.337. The van der Waals surface area contributed by atoms with Crippen molar-refractivity contribution in [3.63, 3.8) is 0 Å². The van der Waals surface area contributed by atoms with Gasteiger partial charge in [-0.2, -0.15) is 0 Å². The van der Waals surface area contributed by atoms with E-state index in [2.05, 4.69) is 31.8 Å². The number of benzene rings is 2. The highest BCUT2D eigenvalue weighted by molar-refractivity contribution is 9.10. The zero-order valence-electron chi connectivity index (χ0n) is 14.3. The van der Waals surface area contributed by atoms with Crippen molar-refractivity contribution in [3.05, 3.63) is 58.6 Å². The summed E-state index contributed by atoms with van der Waals surface area (Å²) in [5.41, 5.74) is 6.30. The van der Waals surface area contributed by atoms with Gasteiger partial charge in [0.2, 0.25) is 5.91 Å². The Labute approximate surface area is 162 Å². The molecule has 0 aliphatic heterocycles. The Bertz CT molecular complexity index is 1010. The SMILES string of the molecule is Cn1c(CC(=O)NNC(=O)COc2ccc(F)cc2Br)nc2ccccc21. The Morgan fingerprint density at radius 3 is 2.67 bits per heavy atom. The summed E-state index contributed by atoms with van der Waals surface area (Å²) >= 11 is 3.14. The van der Waals surface area contributed by atoms with Crippen molar-refractivity contribution in [3.8, 4) is 5.75 Å². The highest BCUT2D eigenvalue weighted by Crippen LogP contribution is 2.25. The van der Waals surface area contributed by atoms with Crippen LogP contribution in [0.2, 0.25) is 0 Å². The molecule has 7 nitrogen and oxygen atoms in total. The third-order valence-electron chi connectivity index (χ3n) is 3.79. The molecule has 1 aromatic heterocycles. The lowest BCUT2D eigenvalue weighted by Gasteiger charge is -2.10. The Morgan fingerprint density at radius 1 is 1.19 bits per heavy atom. The highest BCUT2D eigenvalue weighted by atomic mass is 79.9. The molecule has 3 aromatic rings. The average Bonchev–Trinajstić information content (AvgIpc) is 2.95. The fourth-order valence-corrected chi connectivity index (χ4v) is 2.92. The number of aromatic nitrogens is 2. The van der Waals surface area contributed by atoms with Gasteiger partial charge in [-0.05, 0) is 46.3 Å². The van der Waals surface area contributed by atoms with Crippen LogP contribution in [-0.4, -0.2) is 28.0 Å². The van der Waals surface area contributed by atoms with Crippen LogP contribution in [0.15, 0.2) is 46.9 Å². The number of fused-ring (bicyclic) bond motifs is 1. The molecule has 0 spiro atoms. The van der Waals surface area contributed by atoms with Crippen LogP contribution in [0.1, 0.15) is 5.82 Å². The summed E-state index contributed by atoms with van der Waals surface area (Å²) in [7, 11) is 1.82. The Morgan fingerprint density at radius 2 is 1.93 bits per heavy atom. The van der Waals surface area contributed by atoms with E-state index < -0.39 is 17.6 Å². The van der Waals surface area contributed by atoms with Gasteiger partial charge in [-0.3, -0.25) is 20.4 Å². The van der Waals surface area contributed by atoms with E-state index in [1.165, 1.54) is 18.2 Å². The average molecular weight is 435 g/mol. The van der Waals surface area contributed by atoms with E-state index in [0.29, 0.717) is 16.0 Å². The molecule has 0 unspecified atom stereocenters. The zero-order chi connectivity index (χ0) is 19.4. The van der Waals surface area contributed by atoms with Crippen molar-refractivity contribution in [2.24, 2.45) is 7.05 Å². The molecule has 0 bridgehead atoms. The summed E-state index contributed by atoms with van der Waals surface area (Å²) in [6.07, 6.45) is 0.00975. The number of carbonyl (C=O) groups is 2. The van der Waals surface area contributed by atoms with Crippen molar-refractivity contribution in [1.82, 2.24) is 20.4 Å². The van der Waals surface area contributed by atoms with E-state index in [-0.39, 0.29) is 13.0 Å². The molecule has 140 valence electrons. The topological polar surface area (TPSA) is 85.2 Å². The van der Waals surface area contributed by atoms with Crippen LogP contribution in [0, 0.1) is 5.82 Å². The Balaban J connectivity index is 1.49. The van der Waals surface area contributed by atoms with E-state index in [9.17, 15) is 14.0 Å². The van der Waals surface area contributed by atoms with Gasteiger partial charge in [0.15, 0.2) is 6.61 Å². The minimum atomic E-state index is -0.551. The number of amides is 2. The summed E-state index contributed by atoms with van der Waals surface area (Å²) in [4.78, 5) is 28.2. The third kappa shape index (κ3) is 4.62. The van der Waals surface area contributed by atoms with Crippen molar-refractivity contribution in [1.29, 1.82) is 0 Å². The number of hydrogen-bond acceptors (Lipinski definition) is 4. The van der Waals surface area contributed by atoms with Gasteiger partial charge >= 0.3 is 0 Å². The number of halogens is 2. The smallest absolute Gasteiger partial charge is 0.276 e. The monoisotopic (exact) mass is 434 g/mol. The number of carbonyl (C=O) groups excluding carboxylic acids is 2. The maximum atomic E-state index is 13.0. The second-order valence-corrected chi connectivity index (χ2v) is 6.57. The molecule has 2 amide bonds. The highest BCUT2D eigenvalue weighted by Gasteiger charge is 2.13. The number of rotatable bonds is 5. The first-order chi connectivity index (χ1) is 12.9. The largest absolute Gasteiger partial charge is 0.483 e. The molecule has 27 heavy (non-hydrogen) atoms. The molecule has 0 fully saturated rings. The van der Waals surface area contributed by atoms with E-state index in [1.807, 2.05) is 35.9 Å². The lowest BCUT2D eigenvalue weighted by molar-refractivity contribution is -0.129. The van der Waals surface area contributed by atoms with E-state index >= 15 is 0 Å². The first-order valence-corrected chi connectivity index (χ1v) is 8.79. The molecule has 0 atom stereocenters. The maximum Gasteiger partial charge on any atom is 0.276 e. The maximum absolute atomic E-state index is 13.0. The molecular formula is C18H16BrFN4O3.